The SMILES string of the molecule is CCOCOC1CCNC1=O.C[C@H](CC#CCN(C)C)O[C@H](C)CC#CCN(C)C. The molecule has 1 saturated heterocycles. The molecular weight excluding hydrogens is 382 g/mol. The highest BCUT2D eigenvalue weighted by atomic mass is 16.7. The highest BCUT2D eigenvalue weighted by molar-refractivity contribution is 5.82. The van der Waals surface area contributed by atoms with Crippen LogP contribution in [0.2, 0.25) is 0 Å². The number of hydrogen-bond donors (Lipinski definition) is 1. The minimum Gasteiger partial charge on any atom is -0.374 e. The second kappa shape index (κ2) is 18.2. The lowest BCUT2D eigenvalue weighted by molar-refractivity contribution is -0.139. The molecule has 1 unspecified atom stereocenters. The standard InChI is InChI=1S/C16H28N2O.C7H13NO3/c1-15(11-7-9-13-17(3)4)19-16(2)12-8-10-14-18(5)6;1-2-10-5-11-6-3-4-8-7(6)9/h15-16H,11-14H2,1-6H3;6H,2-5H2,1H3,(H,8,9)/t15-,16-;/m1./s1. The van der Waals surface area contributed by atoms with Gasteiger partial charge in [-0.3, -0.25) is 14.6 Å². The van der Waals surface area contributed by atoms with Crippen molar-refractivity contribution in [2.45, 2.75) is 58.3 Å². The number of carbonyl (C=O) groups is 1. The van der Waals surface area contributed by atoms with Gasteiger partial charge in [-0.2, -0.15) is 0 Å². The van der Waals surface area contributed by atoms with Crippen molar-refractivity contribution >= 4 is 5.91 Å². The number of carbonyl (C=O) groups excluding carboxylic acids is 1. The lowest BCUT2D eigenvalue weighted by Crippen LogP contribution is -2.26. The van der Waals surface area contributed by atoms with Crippen LogP contribution < -0.4 is 5.32 Å². The summed E-state index contributed by atoms with van der Waals surface area (Å²) in [5.41, 5.74) is 0. The monoisotopic (exact) mass is 423 g/mol. The van der Waals surface area contributed by atoms with Gasteiger partial charge in [-0.25, -0.2) is 0 Å². The molecule has 0 aliphatic carbocycles. The van der Waals surface area contributed by atoms with E-state index in [4.69, 9.17) is 14.2 Å². The number of nitrogens with zero attached hydrogens (tertiary/aromatic N) is 2. The van der Waals surface area contributed by atoms with Crippen LogP contribution in [0.4, 0.5) is 0 Å². The molecule has 1 N–H and O–H groups in total. The fourth-order valence-electron chi connectivity index (χ4n) is 2.30. The molecule has 7 nitrogen and oxygen atoms in total. The molecule has 1 rings (SSSR count). The van der Waals surface area contributed by atoms with E-state index >= 15 is 0 Å². The van der Waals surface area contributed by atoms with Crippen molar-refractivity contribution in [3.05, 3.63) is 0 Å². The Bertz CT molecular complexity index is 538. The number of nitrogens with one attached hydrogen (secondary N) is 1. The average Bonchev–Trinajstić information content (AvgIpc) is 3.08. The van der Waals surface area contributed by atoms with Crippen LogP contribution in [0.15, 0.2) is 0 Å². The van der Waals surface area contributed by atoms with Crippen molar-refractivity contribution in [2.24, 2.45) is 0 Å². The van der Waals surface area contributed by atoms with Gasteiger partial charge in [0.1, 0.15) is 12.9 Å². The van der Waals surface area contributed by atoms with E-state index in [1.807, 2.05) is 35.1 Å². The zero-order valence-corrected chi connectivity index (χ0v) is 19.9. The quantitative estimate of drug-likeness (QED) is 0.327. The first-order valence-electron chi connectivity index (χ1n) is 10.6. The van der Waals surface area contributed by atoms with E-state index in [1.165, 1.54) is 0 Å². The molecule has 0 bridgehead atoms. The number of rotatable bonds is 10. The largest absolute Gasteiger partial charge is 0.374 e. The summed E-state index contributed by atoms with van der Waals surface area (Å²) in [5.74, 6) is 12.5. The topological polar surface area (TPSA) is 63.3 Å². The van der Waals surface area contributed by atoms with Gasteiger partial charge in [0.15, 0.2) is 0 Å². The van der Waals surface area contributed by atoms with Gasteiger partial charge < -0.3 is 19.5 Å². The number of amides is 1. The molecule has 3 atom stereocenters. The van der Waals surface area contributed by atoms with Crippen molar-refractivity contribution in [2.75, 3.05) is 61.2 Å². The van der Waals surface area contributed by atoms with Gasteiger partial charge >= 0.3 is 0 Å². The first-order chi connectivity index (χ1) is 14.3. The zero-order valence-electron chi connectivity index (χ0n) is 19.9. The van der Waals surface area contributed by atoms with Crippen LogP contribution in [0.5, 0.6) is 0 Å². The fraction of sp³-hybridized carbons (Fsp3) is 0.783. The van der Waals surface area contributed by atoms with Crippen LogP contribution in [-0.4, -0.2) is 95.2 Å². The lowest BCUT2D eigenvalue weighted by atomic mass is 10.2. The van der Waals surface area contributed by atoms with E-state index in [0.29, 0.717) is 6.61 Å². The summed E-state index contributed by atoms with van der Waals surface area (Å²) < 4.78 is 15.9. The van der Waals surface area contributed by atoms with Crippen LogP contribution >= 0.6 is 0 Å². The predicted octanol–water partition coefficient (Wildman–Crippen LogP) is 1.58. The smallest absolute Gasteiger partial charge is 0.249 e. The van der Waals surface area contributed by atoms with Crippen molar-refractivity contribution in [3.63, 3.8) is 0 Å². The Balaban J connectivity index is 0.000000642. The second-order valence-corrected chi connectivity index (χ2v) is 7.69. The molecule has 172 valence electrons. The molecule has 0 spiro atoms. The molecular formula is C23H41N3O4. The van der Waals surface area contributed by atoms with Gasteiger partial charge in [-0.05, 0) is 49.0 Å². The van der Waals surface area contributed by atoms with E-state index in [0.717, 1.165) is 38.9 Å². The number of ether oxygens (including phenoxy) is 3. The first-order valence-corrected chi connectivity index (χ1v) is 10.6. The minimum atomic E-state index is -0.290. The van der Waals surface area contributed by atoms with Crippen LogP contribution in [0, 0.1) is 23.7 Å². The molecule has 0 aromatic heterocycles. The van der Waals surface area contributed by atoms with Crippen LogP contribution in [0.3, 0.4) is 0 Å². The second-order valence-electron chi connectivity index (χ2n) is 7.69. The Labute approximate surface area is 183 Å². The summed E-state index contributed by atoms with van der Waals surface area (Å²) in [6, 6.07) is 0. The Morgan fingerprint density at radius 1 is 1.00 bits per heavy atom. The maximum atomic E-state index is 10.9. The van der Waals surface area contributed by atoms with Crippen molar-refractivity contribution in [3.8, 4) is 23.7 Å². The third kappa shape index (κ3) is 17.3. The molecule has 0 radical (unpaired) electrons. The van der Waals surface area contributed by atoms with Crippen molar-refractivity contribution < 1.29 is 19.0 Å². The summed E-state index contributed by atoms with van der Waals surface area (Å²) in [6.45, 7) is 9.18. The summed E-state index contributed by atoms with van der Waals surface area (Å²) in [6.07, 6.45) is 2.36. The summed E-state index contributed by atoms with van der Waals surface area (Å²) >= 11 is 0. The zero-order chi connectivity index (χ0) is 22.8. The first kappa shape index (κ1) is 28.4. The molecule has 1 fully saturated rings. The maximum Gasteiger partial charge on any atom is 0.249 e. The van der Waals surface area contributed by atoms with Gasteiger partial charge in [-0.1, -0.05) is 23.7 Å². The van der Waals surface area contributed by atoms with Gasteiger partial charge in [0, 0.05) is 32.4 Å². The maximum absolute atomic E-state index is 10.9. The third-order valence-electron chi connectivity index (χ3n) is 3.84. The summed E-state index contributed by atoms with van der Waals surface area (Å²) in [5, 5.41) is 2.68. The lowest BCUT2D eigenvalue weighted by Gasteiger charge is -2.15. The Kier molecular flexibility index (Phi) is 17.2. The van der Waals surface area contributed by atoms with Crippen LogP contribution in [-0.2, 0) is 19.0 Å². The van der Waals surface area contributed by atoms with E-state index in [9.17, 15) is 4.79 Å². The minimum absolute atomic E-state index is 0.0234. The van der Waals surface area contributed by atoms with Gasteiger partial charge in [-0.15, -0.1) is 0 Å². The molecule has 1 aliphatic rings. The van der Waals surface area contributed by atoms with Gasteiger partial charge in [0.2, 0.25) is 5.91 Å². The van der Waals surface area contributed by atoms with Crippen molar-refractivity contribution in [1.29, 1.82) is 0 Å². The van der Waals surface area contributed by atoms with Crippen molar-refractivity contribution in [1.82, 2.24) is 15.1 Å². The Morgan fingerprint density at radius 2 is 1.53 bits per heavy atom. The molecule has 1 amide bonds. The molecule has 30 heavy (non-hydrogen) atoms. The molecule has 0 aromatic carbocycles. The predicted molar refractivity (Wildman–Crippen MR) is 121 cm³/mol. The molecule has 0 aromatic rings. The van der Waals surface area contributed by atoms with E-state index in [1.54, 1.807) is 0 Å². The van der Waals surface area contributed by atoms with Gasteiger partial charge in [0.05, 0.1) is 25.3 Å². The molecule has 1 heterocycles. The molecule has 7 heteroatoms. The highest BCUT2D eigenvalue weighted by Crippen LogP contribution is 2.05. The van der Waals surface area contributed by atoms with E-state index in [2.05, 4.69) is 52.6 Å². The van der Waals surface area contributed by atoms with E-state index in [-0.39, 0.29) is 31.0 Å². The average molecular weight is 424 g/mol. The number of hydrogen-bond acceptors (Lipinski definition) is 6. The summed E-state index contributed by atoms with van der Waals surface area (Å²) in [4.78, 5) is 15.0. The Morgan fingerprint density at radius 3 is 1.93 bits per heavy atom. The van der Waals surface area contributed by atoms with Gasteiger partial charge in [0.25, 0.3) is 0 Å². The van der Waals surface area contributed by atoms with E-state index < -0.39 is 0 Å². The normalized spacial score (nSPS) is 17.2. The fourth-order valence-corrected chi connectivity index (χ4v) is 2.30. The summed E-state index contributed by atoms with van der Waals surface area (Å²) in [7, 11) is 8.07. The third-order valence-corrected chi connectivity index (χ3v) is 3.84. The van der Waals surface area contributed by atoms with Crippen LogP contribution in [0.25, 0.3) is 0 Å². The molecule has 0 saturated carbocycles. The molecule has 1 aliphatic heterocycles. The Hall–Kier alpha value is -1.61. The van der Waals surface area contributed by atoms with Crippen LogP contribution in [0.1, 0.15) is 40.0 Å². The highest BCUT2D eigenvalue weighted by Gasteiger charge is 2.24.